The standard InChI is InChI=1S/C26H28ClF2N5O5S/c27-25-20(21(28)5-6-22(25)29)16-39-23-13-18(14-31-26(23)30)17-1-3-19(4-2-17)32-40(37,38)12-11-33-7-9-34(10-8-33)24(36)15-35/h1-6,13-14,32,35H,7-12,15-16H2,(H2,30,31). The normalized spacial score (nSPS) is 14.2. The monoisotopic (exact) mass is 595 g/mol. The summed E-state index contributed by atoms with van der Waals surface area (Å²) in [4.78, 5) is 19.2. The Morgan fingerprint density at radius 2 is 1.75 bits per heavy atom. The fourth-order valence-electron chi connectivity index (χ4n) is 4.11. The number of benzene rings is 2. The van der Waals surface area contributed by atoms with Crippen LogP contribution in [-0.2, 0) is 21.4 Å². The van der Waals surface area contributed by atoms with Crippen molar-refractivity contribution < 1.29 is 31.8 Å². The summed E-state index contributed by atoms with van der Waals surface area (Å²) >= 11 is 5.86. The highest BCUT2D eigenvalue weighted by Crippen LogP contribution is 2.30. The third kappa shape index (κ3) is 7.36. The van der Waals surface area contributed by atoms with Crippen LogP contribution in [0.5, 0.6) is 5.75 Å². The van der Waals surface area contributed by atoms with Crippen LogP contribution in [0, 0.1) is 11.6 Å². The molecule has 1 aromatic heterocycles. The van der Waals surface area contributed by atoms with Crippen molar-refractivity contribution in [3.8, 4) is 16.9 Å². The Bertz CT molecular complexity index is 1470. The van der Waals surface area contributed by atoms with Crippen LogP contribution in [0.4, 0.5) is 20.3 Å². The lowest BCUT2D eigenvalue weighted by Crippen LogP contribution is -2.50. The zero-order valence-corrected chi connectivity index (χ0v) is 22.9. The van der Waals surface area contributed by atoms with Crippen LogP contribution >= 0.6 is 11.6 Å². The number of ether oxygens (including phenoxy) is 1. The number of rotatable bonds is 10. The third-order valence-corrected chi connectivity index (χ3v) is 8.10. The first kappa shape index (κ1) is 29.5. The van der Waals surface area contributed by atoms with E-state index in [1.807, 2.05) is 4.90 Å². The molecule has 40 heavy (non-hydrogen) atoms. The molecule has 0 spiro atoms. The van der Waals surface area contributed by atoms with E-state index < -0.39 is 28.3 Å². The Labute approximate surface area is 235 Å². The number of nitrogen functional groups attached to an aromatic ring is 1. The molecular weight excluding hydrogens is 568 g/mol. The first-order valence-electron chi connectivity index (χ1n) is 12.3. The smallest absolute Gasteiger partial charge is 0.248 e. The van der Waals surface area contributed by atoms with Crippen LogP contribution in [-0.4, -0.2) is 79.3 Å². The lowest BCUT2D eigenvalue weighted by Gasteiger charge is -2.34. The van der Waals surface area contributed by atoms with Gasteiger partial charge in [0.25, 0.3) is 0 Å². The van der Waals surface area contributed by atoms with E-state index in [0.717, 1.165) is 12.1 Å². The molecule has 0 bridgehead atoms. The van der Waals surface area contributed by atoms with Crippen LogP contribution in [0.1, 0.15) is 5.56 Å². The topological polar surface area (TPSA) is 138 Å². The van der Waals surface area contributed by atoms with Gasteiger partial charge < -0.3 is 20.5 Å². The average Bonchev–Trinajstić information content (AvgIpc) is 2.95. The number of piperazine rings is 1. The molecule has 2 heterocycles. The number of amides is 1. The zero-order valence-electron chi connectivity index (χ0n) is 21.3. The lowest BCUT2D eigenvalue weighted by molar-refractivity contribution is -0.135. The molecule has 1 fully saturated rings. The van der Waals surface area contributed by atoms with Gasteiger partial charge in [-0.25, -0.2) is 22.2 Å². The molecule has 0 radical (unpaired) electrons. The van der Waals surface area contributed by atoms with Crippen molar-refractivity contribution in [1.29, 1.82) is 0 Å². The van der Waals surface area contributed by atoms with Crippen molar-refractivity contribution in [1.82, 2.24) is 14.8 Å². The summed E-state index contributed by atoms with van der Waals surface area (Å²) in [7, 11) is -3.63. The molecule has 1 saturated heterocycles. The molecule has 3 aromatic rings. The van der Waals surface area contributed by atoms with Gasteiger partial charge in [-0.15, -0.1) is 0 Å². The number of nitrogens with two attached hydrogens (primary N) is 1. The molecule has 4 rings (SSSR count). The minimum Gasteiger partial charge on any atom is -0.485 e. The number of nitrogens with one attached hydrogen (secondary N) is 1. The van der Waals surface area contributed by atoms with E-state index in [-0.39, 0.29) is 40.4 Å². The molecular formula is C26H28ClF2N5O5S. The highest BCUT2D eigenvalue weighted by atomic mass is 35.5. The predicted molar refractivity (Wildman–Crippen MR) is 147 cm³/mol. The van der Waals surface area contributed by atoms with Crippen LogP contribution in [0.15, 0.2) is 48.7 Å². The number of halogens is 3. The van der Waals surface area contributed by atoms with Crippen molar-refractivity contribution >= 4 is 39.0 Å². The Morgan fingerprint density at radius 3 is 2.42 bits per heavy atom. The average molecular weight is 596 g/mol. The fraction of sp³-hybridized carbons (Fsp3) is 0.308. The number of carbonyl (C=O) groups excluding carboxylic acids is 1. The number of pyridine rings is 1. The number of aromatic nitrogens is 1. The molecule has 10 nitrogen and oxygen atoms in total. The minimum absolute atomic E-state index is 0.0440. The van der Waals surface area contributed by atoms with Gasteiger partial charge in [-0.2, -0.15) is 0 Å². The second-order valence-electron chi connectivity index (χ2n) is 9.10. The number of nitrogens with zero attached hydrogens (tertiary/aromatic N) is 3. The second kappa shape index (κ2) is 12.8. The zero-order chi connectivity index (χ0) is 28.9. The number of carbonyl (C=O) groups is 1. The van der Waals surface area contributed by atoms with Crippen molar-refractivity contribution in [3.63, 3.8) is 0 Å². The Kier molecular flexibility index (Phi) is 9.40. The predicted octanol–water partition coefficient (Wildman–Crippen LogP) is 2.72. The van der Waals surface area contributed by atoms with Gasteiger partial charge in [0.05, 0.1) is 10.8 Å². The summed E-state index contributed by atoms with van der Waals surface area (Å²) in [6.45, 7) is 1.35. The van der Waals surface area contributed by atoms with Gasteiger partial charge in [-0.3, -0.25) is 14.4 Å². The molecule has 0 aliphatic carbocycles. The van der Waals surface area contributed by atoms with Crippen molar-refractivity contribution in [2.45, 2.75) is 6.61 Å². The number of aliphatic hydroxyl groups is 1. The first-order valence-corrected chi connectivity index (χ1v) is 14.3. The molecule has 14 heteroatoms. The van der Waals surface area contributed by atoms with Crippen molar-refractivity contribution in [2.75, 3.05) is 55.5 Å². The fourth-order valence-corrected chi connectivity index (χ4v) is 5.42. The van der Waals surface area contributed by atoms with Crippen molar-refractivity contribution in [2.24, 2.45) is 0 Å². The molecule has 0 unspecified atom stereocenters. The number of anilines is 2. The van der Waals surface area contributed by atoms with Gasteiger partial charge in [-0.05, 0) is 35.9 Å². The maximum absolute atomic E-state index is 14.1. The van der Waals surface area contributed by atoms with Crippen LogP contribution in [0.25, 0.3) is 11.1 Å². The maximum Gasteiger partial charge on any atom is 0.248 e. The SMILES string of the molecule is Nc1ncc(-c2ccc(NS(=O)(=O)CCN3CCN(C(=O)CO)CC3)cc2)cc1OCc1c(F)ccc(F)c1Cl. The van der Waals surface area contributed by atoms with Gasteiger partial charge in [0.15, 0.2) is 11.6 Å². The van der Waals surface area contributed by atoms with Crippen LogP contribution in [0.2, 0.25) is 5.02 Å². The number of hydrogen-bond donors (Lipinski definition) is 3. The van der Waals surface area contributed by atoms with E-state index in [0.29, 0.717) is 49.5 Å². The number of sulfonamides is 1. The van der Waals surface area contributed by atoms with E-state index in [1.165, 1.54) is 6.20 Å². The van der Waals surface area contributed by atoms with E-state index in [4.69, 9.17) is 27.2 Å². The summed E-state index contributed by atoms with van der Waals surface area (Å²) in [5.41, 5.74) is 7.40. The Hall–Kier alpha value is -3.52. The van der Waals surface area contributed by atoms with E-state index >= 15 is 0 Å². The molecule has 1 amide bonds. The quantitative estimate of drug-likeness (QED) is 0.304. The van der Waals surface area contributed by atoms with E-state index in [2.05, 4.69) is 9.71 Å². The lowest BCUT2D eigenvalue weighted by atomic mass is 10.1. The molecule has 2 aromatic carbocycles. The van der Waals surface area contributed by atoms with Crippen molar-refractivity contribution in [3.05, 3.63) is 70.9 Å². The summed E-state index contributed by atoms with van der Waals surface area (Å²) in [6, 6.07) is 10.0. The number of aliphatic hydroxyl groups excluding tert-OH is 1. The molecule has 4 N–H and O–H groups in total. The highest BCUT2D eigenvalue weighted by Gasteiger charge is 2.22. The van der Waals surface area contributed by atoms with Gasteiger partial charge in [-0.1, -0.05) is 23.7 Å². The molecule has 214 valence electrons. The van der Waals surface area contributed by atoms with E-state index in [9.17, 15) is 22.0 Å². The van der Waals surface area contributed by atoms with Gasteiger partial charge >= 0.3 is 0 Å². The molecule has 0 atom stereocenters. The summed E-state index contributed by atoms with van der Waals surface area (Å²) in [6.07, 6.45) is 1.50. The third-order valence-electron chi connectivity index (χ3n) is 6.42. The highest BCUT2D eigenvalue weighted by molar-refractivity contribution is 7.92. The van der Waals surface area contributed by atoms with Crippen LogP contribution in [0.3, 0.4) is 0 Å². The molecule has 1 aliphatic heterocycles. The molecule has 0 saturated carbocycles. The van der Waals surface area contributed by atoms with Crippen LogP contribution < -0.4 is 15.2 Å². The van der Waals surface area contributed by atoms with Gasteiger partial charge in [0.1, 0.15) is 24.8 Å². The van der Waals surface area contributed by atoms with Gasteiger partial charge in [0, 0.05) is 55.7 Å². The Balaban J connectivity index is 1.35. The maximum atomic E-state index is 14.1. The summed E-state index contributed by atoms with van der Waals surface area (Å²) in [5, 5.41) is 8.58. The van der Waals surface area contributed by atoms with E-state index in [1.54, 1.807) is 35.2 Å². The summed E-state index contributed by atoms with van der Waals surface area (Å²) < 4.78 is 61.2. The minimum atomic E-state index is -3.63. The molecule has 1 aliphatic rings. The van der Waals surface area contributed by atoms with Gasteiger partial charge in [0.2, 0.25) is 15.9 Å². The second-order valence-corrected chi connectivity index (χ2v) is 11.3. The largest absolute Gasteiger partial charge is 0.485 e. The Morgan fingerprint density at radius 1 is 1.07 bits per heavy atom. The first-order chi connectivity index (χ1) is 19.1. The number of hydrogen-bond acceptors (Lipinski definition) is 8. The summed E-state index contributed by atoms with van der Waals surface area (Å²) in [5.74, 6) is -1.76.